The van der Waals surface area contributed by atoms with Crippen molar-refractivity contribution >= 4 is 28.5 Å². The second kappa shape index (κ2) is 9.22. The number of hydrogen-bond donors (Lipinski definition) is 2. The Kier molecular flexibility index (Phi) is 5.94. The highest BCUT2D eigenvalue weighted by Crippen LogP contribution is 2.32. The Labute approximate surface area is 201 Å². The third kappa shape index (κ3) is 4.29. The minimum Gasteiger partial charge on any atom is -0.476 e. The summed E-state index contributed by atoms with van der Waals surface area (Å²) in [5, 5.41) is 10.3. The quantitative estimate of drug-likeness (QED) is 0.548. The van der Waals surface area contributed by atoms with Crippen LogP contribution < -0.4 is 14.4 Å². The fraction of sp³-hybridized carbons (Fsp3) is 0.500. The van der Waals surface area contributed by atoms with E-state index in [2.05, 4.69) is 44.1 Å². The molecule has 0 aliphatic carbocycles. The van der Waals surface area contributed by atoms with Crippen molar-refractivity contribution in [3.63, 3.8) is 0 Å². The van der Waals surface area contributed by atoms with E-state index in [0.717, 1.165) is 25.9 Å². The summed E-state index contributed by atoms with van der Waals surface area (Å²) in [6, 6.07) is 12.6. The van der Waals surface area contributed by atoms with Gasteiger partial charge in [-0.2, -0.15) is 9.97 Å². The highest BCUT2D eigenvalue weighted by atomic mass is 35.5. The number of ether oxygens (including phenoxy) is 4. The summed E-state index contributed by atoms with van der Waals surface area (Å²) >= 11 is 6.44. The molecule has 9 nitrogen and oxygen atoms in total. The van der Waals surface area contributed by atoms with Gasteiger partial charge in [0.25, 0.3) is 6.01 Å². The first-order chi connectivity index (χ1) is 16.6. The smallest absolute Gasteiger partial charge is 0.296 e. The first-order valence-corrected chi connectivity index (χ1v) is 12.1. The lowest BCUT2D eigenvalue weighted by atomic mass is 9.97. The van der Waals surface area contributed by atoms with E-state index in [-0.39, 0.29) is 24.9 Å². The maximum Gasteiger partial charge on any atom is 0.296 e. The third-order valence-electron chi connectivity index (χ3n) is 6.81. The molecule has 3 aliphatic rings. The number of halogens is 1. The summed E-state index contributed by atoms with van der Waals surface area (Å²) in [5.41, 5.74) is 2.39. The van der Waals surface area contributed by atoms with Gasteiger partial charge in [-0.05, 0) is 37.0 Å². The Bertz CT molecular complexity index is 1140. The van der Waals surface area contributed by atoms with Gasteiger partial charge >= 0.3 is 0 Å². The molecule has 180 valence electrons. The summed E-state index contributed by atoms with van der Waals surface area (Å²) in [4.78, 5) is 14.5. The molecule has 1 aromatic carbocycles. The maximum atomic E-state index is 9.90. The van der Waals surface area contributed by atoms with Crippen LogP contribution in [0.4, 0.5) is 5.69 Å². The van der Waals surface area contributed by atoms with Gasteiger partial charge in [0, 0.05) is 18.8 Å². The third-order valence-corrected chi connectivity index (χ3v) is 7.08. The van der Waals surface area contributed by atoms with Crippen LogP contribution in [-0.4, -0.2) is 77.4 Å². The number of rotatable bonds is 6. The van der Waals surface area contributed by atoms with E-state index in [0.29, 0.717) is 47.2 Å². The molecule has 2 aromatic heterocycles. The predicted octanol–water partition coefficient (Wildman–Crippen LogP) is 2.81. The molecule has 3 aromatic rings. The molecule has 0 bridgehead atoms. The highest BCUT2D eigenvalue weighted by molar-refractivity contribution is 6.32. The van der Waals surface area contributed by atoms with E-state index in [1.165, 1.54) is 5.69 Å². The highest BCUT2D eigenvalue weighted by Gasteiger charge is 2.48. The van der Waals surface area contributed by atoms with Crippen LogP contribution in [0.3, 0.4) is 0 Å². The lowest BCUT2D eigenvalue weighted by molar-refractivity contribution is 0.00706. The molecule has 2 N–H and O–H groups in total. The summed E-state index contributed by atoms with van der Waals surface area (Å²) < 4.78 is 23.2. The van der Waals surface area contributed by atoms with Crippen LogP contribution >= 0.6 is 11.6 Å². The zero-order valence-corrected chi connectivity index (χ0v) is 19.4. The van der Waals surface area contributed by atoms with Crippen LogP contribution in [0.25, 0.3) is 11.2 Å². The van der Waals surface area contributed by atoms with Crippen molar-refractivity contribution in [2.24, 2.45) is 5.92 Å². The van der Waals surface area contributed by atoms with Gasteiger partial charge in [-0.25, -0.2) is 0 Å². The van der Waals surface area contributed by atoms with Crippen molar-refractivity contribution in [2.45, 2.75) is 37.3 Å². The standard InChI is InChI=1S/C24H27ClN4O5/c25-16-10-17-22(28-24(26-17)34-19-13-32-20-18(30)12-31-21(19)20)27-23(16)33-11-14-6-8-29(9-7-14)15-4-2-1-3-5-15/h1-5,10,14,18-21,30H,6-9,11-13H2,(H,26,27,28)/t18-,19-,20-,21?/m1/s1. The number of aromatic amines is 1. The average molecular weight is 487 g/mol. The van der Waals surface area contributed by atoms with Crippen LogP contribution in [-0.2, 0) is 9.47 Å². The number of nitrogens with zero attached hydrogens (tertiary/aromatic N) is 3. The van der Waals surface area contributed by atoms with Crippen molar-refractivity contribution in [2.75, 3.05) is 37.8 Å². The van der Waals surface area contributed by atoms with Crippen molar-refractivity contribution in [3.8, 4) is 11.9 Å². The number of para-hydroxylation sites is 1. The topological polar surface area (TPSA) is 102 Å². The fourth-order valence-electron chi connectivity index (χ4n) is 4.92. The van der Waals surface area contributed by atoms with Crippen molar-refractivity contribution in [1.29, 1.82) is 0 Å². The van der Waals surface area contributed by atoms with E-state index in [1.54, 1.807) is 6.07 Å². The first-order valence-electron chi connectivity index (χ1n) is 11.7. The van der Waals surface area contributed by atoms with Gasteiger partial charge in [0.1, 0.15) is 23.3 Å². The summed E-state index contributed by atoms with van der Waals surface area (Å²) in [6.07, 6.45) is 0.457. The lowest BCUT2D eigenvalue weighted by Crippen LogP contribution is -2.35. The molecule has 0 spiro atoms. The van der Waals surface area contributed by atoms with E-state index in [4.69, 9.17) is 30.5 Å². The predicted molar refractivity (Wildman–Crippen MR) is 126 cm³/mol. The fourth-order valence-corrected chi connectivity index (χ4v) is 5.12. The molecule has 10 heteroatoms. The van der Waals surface area contributed by atoms with E-state index in [1.807, 2.05) is 6.07 Å². The van der Waals surface area contributed by atoms with Gasteiger partial charge in [-0.15, -0.1) is 0 Å². The molecule has 3 saturated heterocycles. The molecule has 4 atom stereocenters. The Morgan fingerprint density at radius 2 is 1.88 bits per heavy atom. The number of benzene rings is 1. The molecule has 0 amide bonds. The van der Waals surface area contributed by atoms with Crippen molar-refractivity contribution in [3.05, 3.63) is 41.4 Å². The number of aliphatic hydroxyl groups excluding tert-OH is 1. The largest absolute Gasteiger partial charge is 0.476 e. The lowest BCUT2D eigenvalue weighted by Gasteiger charge is -2.33. The van der Waals surface area contributed by atoms with Crippen LogP contribution in [0.2, 0.25) is 5.02 Å². The molecular formula is C24H27ClN4O5. The maximum absolute atomic E-state index is 9.90. The van der Waals surface area contributed by atoms with Gasteiger partial charge in [-0.3, -0.25) is 0 Å². The summed E-state index contributed by atoms with van der Waals surface area (Å²) in [5.74, 6) is 0.827. The van der Waals surface area contributed by atoms with E-state index < -0.39 is 6.10 Å². The molecule has 0 saturated carbocycles. The van der Waals surface area contributed by atoms with E-state index in [9.17, 15) is 5.11 Å². The Balaban J connectivity index is 1.07. The van der Waals surface area contributed by atoms with Crippen LogP contribution in [0.1, 0.15) is 12.8 Å². The second-order valence-corrected chi connectivity index (χ2v) is 9.49. The number of aliphatic hydroxyl groups is 1. The Morgan fingerprint density at radius 3 is 2.71 bits per heavy atom. The van der Waals surface area contributed by atoms with Crippen molar-refractivity contribution < 1.29 is 24.1 Å². The summed E-state index contributed by atoms with van der Waals surface area (Å²) in [7, 11) is 0. The molecule has 3 aliphatic heterocycles. The number of imidazole rings is 1. The number of anilines is 1. The van der Waals surface area contributed by atoms with Gasteiger partial charge in [0.05, 0.1) is 25.3 Å². The van der Waals surface area contributed by atoms with Gasteiger partial charge in [-0.1, -0.05) is 29.8 Å². The number of nitrogens with one attached hydrogen (secondary N) is 1. The van der Waals surface area contributed by atoms with Crippen LogP contribution in [0, 0.1) is 5.92 Å². The molecule has 6 rings (SSSR count). The minimum absolute atomic E-state index is 0.248. The molecule has 0 radical (unpaired) electrons. The molecule has 34 heavy (non-hydrogen) atoms. The number of aromatic nitrogens is 3. The number of fused-ring (bicyclic) bond motifs is 2. The van der Waals surface area contributed by atoms with E-state index >= 15 is 0 Å². The van der Waals surface area contributed by atoms with Gasteiger partial charge in [0.15, 0.2) is 11.8 Å². The first kappa shape index (κ1) is 21.9. The Morgan fingerprint density at radius 1 is 1.09 bits per heavy atom. The molecular weight excluding hydrogens is 460 g/mol. The van der Waals surface area contributed by atoms with Crippen LogP contribution in [0.5, 0.6) is 11.9 Å². The zero-order chi connectivity index (χ0) is 23.1. The molecule has 1 unspecified atom stereocenters. The van der Waals surface area contributed by atoms with Crippen molar-refractivity contribution in [1.82, 2.24) is 15.0 Å². The average Bonchev–Trinajstić information content (AvgIpc) is 3.55. The Hall–Kier alpha value is -2.59. The number of hydrogen-bond acceptors (Lipinski definition) is 8. The SMILES string of the molecule is O[C@@H]1COC2[C@H](Oc3nc4nc(OCC5CCN(c6ccccc6)CC5)c(Cl)cc4[nH]3)CO[C@@H]21. The van der Waals surface area contributed by atoms with Gasteiger partial charge < -0.3 is 33.9 Å². The monoisotopic (exact) mass is 486 g/mol. The zero-order valence-electron chi connectivity index (χ0n) is 18.6. The minimum atomic E-state index is -0.625. The number of pyridine rings is 1. The summed E-state index contributed by atoms with van der Waals surface area (Å²) in [6.45, 7) is 3.15. The second-order valence-electron chi connectivity index (χ2n) is 9.08. The van der Waals surface area contributed by atoms with Crippen LogP contribution in [0.15, 0.2) is 36.4 Å². The molecule has 3 fully saturated rings. The molecule has 5 heterocycles. The van der Waals surface area contributed by atoms with Gasteiger partial charge in [0.2, 0.25) is 5.88 Å². The number of piperidine rings is 1. The number of H-pyrrole nitrogens is 1. The normalized spacial score (nSPS) is 27.3.